The van der Waals surface area contributed by atoms with Gasteiger partial charge in [0, 0.05) is 13.2 Å². The molecule has 0 aliphatic heterocycles. The standard InChI is InChI=1S/C15H14N4O/c1-11(14-7-8-17-10-18-14)19(2)15(20)13-6-4-3-5-12(13)9-16/h3-8,10-11H,1-2H3. The zero-order chi connectivity index (χ0) is 14.5. The van der Waals surface area contributed by atoms with Gasteiger partial charge in [0.1, 0.15) is 6.33 Å². The van der Waals surface area contributed by atoms with Crippen molar-refractivity contribution in [2.45, 2.75) is 13.0 Å². The number of nitriles is 1. The molecule has 5 heteroatoms. The van der Waals surface area contributed by atoms with Gasteiger partial charge in [0.25, 0.3) is 5.91 Å². The van der Waals surface area contributed by atoms with Crippen molar-refractivity contribution in [3.63, 3.8) is 0 Å². The number of carbonyl (C=O) groups excluding carboxylic acids is 1. The summed E-state index contributed by atoms with van der Waals surface area (Å²) >= 11 is 0. The monoisotopic (exact) mass is 266 g/mol. The van der Waals surface area contributed by atoms with Crippen LogP contribution in [0.3, 0.4) is 0 Å². The van der Waals surface area contributed by atoms with E-state index in [-0.39, 0.29) is 11.9 Å². The normalized spacial score (nSPS) is 11.4. The van der Waals surface area contributed by atoms with Crippen molar-refractivity contribution >= 4 is 5.91 Å². The van der Waals surface area contributed by atoms with Gasteiger partial charge in [-0.05, 0) is 25.1 Å². The van der Waals surface area contributed by atoms with E-state index >= 15 is 0 Å². The van der Waals surface area contributed by atoms with E-state index in [1.54, 1.807) is 48.5 Å². The Morgan fingerprint density at radius 3 is 2.75 bits per heavy atom. The molecule has 0 spiro atoms. The smallest absolute Gasteiger partial charge is 0.255 e. The molecule has 0 aliphatic carbocycles. The lowest BCUT2D eigenvalue weighted by atomic mass is 10.1. The Balaban J connectivity index is 2.27. The summed E-state index contributed by atoms with van der Waals surface area (Å²) in [6.45, 7) is 1.88. The molecule has 0 bridgehead atoms. The minimum absolute atomic E-state index is 0.197. The zero-order valence-electron chi connectivity index (χ0n) is 11.3. The van der Waals surface area contributed by atoms with Gasteiger partial charge in [-0.3, -0.25) is 4.79 Å². The number of amides is 1. The number of benzene rings is 1. The average Bonchev–Trinajstić information content (AvgIpc) is 2.53. The average molecular weight is 266 g/mol. The van der Waals surface area contributed by atoms with Gasteiger partial charge < -0.3 is 4.90 Å². The van der Waals surface area contributed by atoms with Crippen molar-refractivity contribution < 1.29 is 4.79 Å². The van der Waals surface area contributed by atoms with Gasteiger partial charge in [-0.25, -0.2) is 9.97 Å². The van der Waals surface area contributed by atoms with Crippen LogP contribution in [0, 0.1) is 11.3 Å². The molecule has 0 radical (unpaired) electrons. The predicted molar refractivity (Wildman–Crippen MR) is 73.7 cm³/mol. The van der Waals surface area contributed by atoms with E-state index in [1.165, 1.54) is 6.33 Å². The minimum Gasteiger partial charge on any atom is -0.333 e. The van der Waals surface area contributed by atoms with Gasteiger partial charge in [0.15, 0.2) is 0 Å². The highest BCUT2D eigenvalue weighted by molar-refractivity contribution is 5.96. The van der Waals surface area contributed by atoms with E-state index in [9.17, 15) is 4.79 Å². The van der Waals surface area contributed by atoms with Crippen molar-refractivity contribution in [1.82, 2.24) is 14.9 Å². The van der Waals surface area contributed by atoms with E-state index in [0.717, 1.165) is 5.69 Å². The van der Waals surface area contributed by atoms with Gasteiger partial charge in [0.2, 0.25) is 0 Å². The molecule has 1 unspecified atom stereocenters. The van der Waals surface area contributed by atoms with Crippen LogP contribution in [0.2, 0.25) is 0 Å². The SMILES string of the molecule is CC(c1ccncn1)N(C)C(=O)c1ccccc1C#N. The third-order valence-corrected chi connectivity index (χ3v) is 3.21. The molecule has 1 aromatic carbocycles. The summed E-state index contributed by atoms with van der Waals surface area (Å²) in [4.78, 5) is 22.0. The maximum absolute atomic E-state index is 12.5. The Morgan fingerprint density at radius 1 is 1.35 bits per heavy atom. The number of aromatic nitrogens is 2. The highest BCUT2D eigenvalue weighted by Crippen LogP contribution is 2.19. The van der Waals surface area contributed by atoms with Crippen LogP contribution < -0.4 is 0 Å². The first-order chi connectivity index (χ1) is 9.65. The lowest BCUT2D eigenvalue weighted by Crippen LogP contribution is -2.30. The zero-order valence-corrected chi connectivity index (χ0v) is 11.3. The lowest BCUT2D eigenvalue weighted by Gasteiger charge is -2.24. The summed E-state index contributed by atoms with van der Waals surface area (Å²) in [6.07, 6.45) is 3.09. The second-order valence-corrected chi connectivity index (χ2v) is 4.38. The summed E-state index contributed by atoms with van der Waals surface area (Å²) in [5.41, 5.74) is 1.53. The van der Waals surface area contributed by atoms with Gasteiger partial charge in [-0.15, -0.1) is 0 Å². The van der Waals surface area contributed by atoms with E-state index in [4.69, 9.17) is 5.26 Å². The molecule has 1 amide bonds. The molecule has 1 aromatic heterocycles. The van der Waals surface area contributed by atoms with Crippen LogP contribution in [0.5, 0.6) is 0 Å². The number of carbonyl (C=O) groups is 1. The largest absolute Gasteiger partial charge is 0.333 e. The highest BCUT2D eigenvalue weighted by Gasteiger charge is 2.21. The van der Waals surface area contributed by atoms with Crippen molar-refractivity contribution in [3.05, 3.63) is 59.7 Å². The van der Waals surface area contributed by atoms with Crippen LogP contribution in [0.15, 0.2) is 42.9 Å². The fraction of sp³-hybridized carbons (Fsp3) is 0.200. The molecule has 5 nitrogen and oxygen atoms in total. The first-order valence-electron chi connectivity index (χ1n) is 6.17. The molecule has 20 heavy (non-hydrogen) atoms. The van der Waals surface area contributed by atoms with E-state index in [2.05, 4.69) is 9.97 Å². The first kappa shape index (κ1) is 13.7. The third-order valence-electron chi connectivity index (χ3n) is 3.21. The molecule has 100 valence electrons. The minimum atomic E-state index is -0.201. The van der Waals surface area contributed by atoms with Crippen LogP contribution in [0.4, 0.5) is 0 Å². The lowest BCUT2D eigenvalue weighted by molar-refractivity contribution is 0.0739. The first-order valence-corrected chi connectivity index (χ1v) is 6.17. The number of hydrogen-bond acceptors (Lipinski definition) is 4. The molecular formula is C15H14N4O. The maximum atomic E-state index is 12.5. The number of rotatable bonds is 3. The topological polar surface area (TPSA) is 69.9 Å². The molecule has 2 aromatic rings. The molecule has 0 fully saturated rings. The second kappa shape index (κ2) is 5.93. The van der Waals surface area contributed by atoms with Crippen molar-refractivity contribution in [2.24, 2.45) is 0 Å². The van der Waals surface area contributed by atoms with E-state index < -0.39 is 0 Å². The van der Waals surface area contributed by atoms with Crippen LogP contribution >= 0.6 is 0 Å². The summed E-state index contributed by atoms with van der Waals surface area (Å²) in [5, 5.41) is 9.06. The molecular weight excluding hydrogens is 252 g/mol. The third kappa shape index (κ3) is 2.64. The summed E-state index contributed by atoms with van der Waals surface area (Å²) in [5.74, 6) is -0.201. The Morgan fingerprint density at radius 2 is 2.10 bits per heavy atom. The second-order valence-electron chi connectivity index (χ2n) is 4.38. The summed E-state index contributed by atoms with van der Waals surface area (Å²) < 4.78 is 0. The summed E-state index contributed by atoms with van der Waals surface area (Å²) in [6, 6.07) is 10.4. The van der Waals surface area contributed by atoms with E-state index in [0.29, 0.717) is 11.1 Å². The Kier molecular flexibility index (Phi) is 4.06. The molecule has 1 atom stereocenters. The van der Waals surface area contributed by atoms with Gasteiger partial charge in [0.05, 0.1) is 28.9 Å². The van der Waals surface area contributed by atoms with Crippen molar-refractivity contribution in [2.75, 3.05) is 7.05 Å². The molecule has 0 aliphatic rings. The van der Waals surface area contributed by atoms with Gasteiger partial charge >= 0.3 is 0 Å². The molecule has 0 saturated carbocycles. The Labute approximate surface area is 117 Å². The molecule has 2 rings (SSSR count). The summed E-state index contributed by atoms with van der Waals surface area (Å²) in [7, 11) is 1.70. The molecule has 0 N–H and O–H groups in total. The van der Waals surface area contributed by atoms with E-state index in [1.807, 2.05) is 13.0 Å². The van der Waals surface area contributed by atoms with Crippen LogP contribution in [-0.2, 0) is 0 Å². The molecule has 0 saturated heterocycles. The fourth-order valence-electron chi connectivity index (χ4n) is 1.88. The quantitative estimate of drug-likeness (QED) is 0.853. The van der Waals surface area contributed by atoms with Crippen LogP contribution in [0.25, 0.3) is 0 Å². The van der Waals surface area contributed by atoms with Crippen molar-refractivity contribution in [1.29, 1.82) is 5.26 Å². The molecule has 1 heterocycles. The number of hydrogen-bond donors (Lipinski definition) is 0. The van der Waals surface area contributed by atoms with Crippen LogP contribution in [-0.4, -0.2) is 27.8 Å². The predicted octanol–water partition coefficient (Wildman–Crippen LogP) is 2.18. The van der Waals surface area contributed by atoms with Gasteiger partial charge in [-0.1, -0.05) is 12.1 Å². The Bertz CT molecular complexity index is 648. The van der Waals surface area contributed by atoms with Crippen molar-refractivity contribution in [3.8, 4) is 6.07 Å². The Hall–Kier alpha value is -2.74. The maximum Gasteiger partial charge on any atom is 0.255 e. The highest BCUT2D eigenvalue weighted by atomic mass is 16.2. The van der Waals surface area contributed by atoms with Crippen LogP contribution in [0.1, 0.15) is 34.6 Å². The number of nitrogens with zero attached hydrogens (tertiary/aromatic N) is 4. The fourth-order valence-corrected chi connectivity index (χ4v) is 1.88. The van der Waals surface area contributed by atoms with Gasteiger partial charge in [-0.2, -0.15) is 5.26 Å².